The van der Waals surface area contributed by atoms with E-state index in [4.69, 9.17) is 9.72 Å². The van der Waals surface area contributed by atoms with Crippen LogP contribution in [-0.2, 0) is 6.54 Å². The van der Waals surface area contributed by atoms with Crippen molar-refractivity contribution in [1.82, 2.24) is 9.55 Å². The highest BCUT2D eigenvalue weighted by Gasteiger charge is 2.13. The lowest BCUT2D eigenvalue weighted by atomic mass is 10.1. The molecule has 4 aromatic rings. The predicted molar refractivity (Wildman–Crippen MR) is 111 cm³/mol. The van der Waals surface area contributed by atoms with Crippen LogP contribution in [-0.4, -0.2) is 16.2 Å². The summed E-state index contributed by atoms with van der Waals surface area (Å²) in [6.07, 6.45) is 0. The zero-order valence-corrected chi connectivity index (χ0v) is 16.1. The maximum absolute atomic E-state index is 6.15. The Hall–Kier alpha value is -3.07. The summed E-state index contributed by atoms with van der Waals surface area (Å²) in [5.41, 5.74) is 6.87. The van der Waals surface area contributed by atoms with Crippen molar-refractivity contribution in [3.63, 3.8) is 0 Å². The minimum Gasteiger partial charge on any atom is -0.491 e. The van der Waals surface area contributed by atoms with Crippen molar-refractivity contribution in [1.29, 1.82) is 0 Å². The molecule has 0 amide bonds. The number of nitrogens with zero attached hydrogens (tertiary/aromatic N) is 2. The molecule has 0 bridgehead atoms. The average Bonchev–Trinajstić information content (AvgIpc) is 3.03. The van der Waals surface area contributed by atoms with Crippen LogP contribution in [0.5, 0.6) is 5.75 Å². The lowest BCUT2D eigenvalue weighted by Gasteiger charge is -2.14. The lowest BCUT2D eigenvalue weighted by molar-refractivity contribution is 0.297. The van der Waals surface area contributed by atoms with E-state index in [9.17, 15) is 0 Å². The maximum atomic E-state index is 6.15. The van der Waals surface area contributed by atoms with Crippen LogP contribution < -0.4 is 4.74 Å². The molecule has 0 aliphatic rings. The summed E-state index contributed by atoms with van der Waals surface area (Å²) in [5, 5.41) is 0. The molecule has 3 nitrogen and oxygen atoms in total. The molecule has 3 heteroatoms. The van der Waals surface area contributed by atoms with E-state index < -0.39 is 0 Å². The molecular weight excluding hydrogens is 332 g/mol. The van der Waals surface area contributed by atoms with E-state index in [1.54, 1.807) is 0 Å². The maximum Gasteiger partial charge on any atom is 0.141 e. The molecule has 0 aliphatic carbocycles. The zero-order chi connectivity index (χ0) is 18.8. The number of ether oxygens (including phenoxy) is 1. The second-order valence-electron chi connectivity index (χ2n) is 7.01. The fourth-order valence-corrected chi connectivity index (χ4v) is 3.49. The van der Waals surface area contributed by atoms with E-state index in [-0.39, 0.29) is 0 Å². The first-order chi connectivity index (χ1) is 13.1. The van der Waals surface area contributed by atoms with Crippen LogP contribution >= 0.6 is 0 Å². The molecule has 0 saturated heterocycles. The van der Waals surface area contributed by atoms with E-state index in [1.165, 1.54) is 16.7 Å². The Morgan fingerprint density at radius 2 is 1.52 bits per heavy atom. The Morgan fingerprint density at radius 1 is 0.815 bits per heavy atom. The standard InChI is InChI=1S/C24H24N2O/c1-17-11-13-20(14-12-17)24-25-21-9-4-5-10-22(21)26(24)15-16-27-23-18(2)7-6-8-19(23)3/h4-14H,15-16H2,1-3H3. The predicted octanol–water partition coefficient (Wildman–Crippen LogP) is 5.71. The van der Waals surface area contributed by atoms with Crippen molar-refractivity contribution < 1.29 is 4.74 Å². The summed E-state index contributed by atoms with van der Waals surface area (Å²) < 4.78 is 8.41. The van der Waals surface area contributed by atoms with Gasteiger partial charge in [-0.15, -0.1) is 0 Å². The molecule has 0 radical (unpaired) electrons. The van der Waals surface area contributed by atoms with Gasteiger partial charge in [-0.2, -0.15) is 0 Å². The van der Waals surface area contributed by atoms with E-state index in [0.717, 1.165) is 34.7 Å². The summed E-state index contributed by atoms with van der Waals surface area (Å²) in [4.78, 5) is 4.88. The van der Waals surface area contributed by atoms with Crippen LogP contribution in [0, 0.1) is 20.8 Å². The summed E-state index contributed by atoms with van der Waals surface area (Å²) in [7, 11) is 0. The highest BCUT2D eigenvalue weighted by molar-refractivity contribution is 5.80. The fraction of sp³-hybridized carbons (Fsp3) is 0.208. The number of para-hydroxylation sites is 3. The Kier molecular flexibility index (Phi) is 4.68. The lowest BCUT2D eigenvalue weighted by Crippen LogP contribution is -2.10. The molecule has 0 N–H and O–H groups in total. The minimum absolute atomic E-state index is 0.602. The van der Waals surface area contributed by atoms with E-state index in [0.29, 0.717) is 6.61 Å². The Bertz CT molecular complexity index is 1060. The first-order valence-corrected chi connectivity index (χ1v) is 9.35. The second-order valence-corrected chi connectivity index (χ2v) is 7.01. The van der Waals surface area contributed by atoms with Crippen molar-refractivity contribution in [2.75, 3.05) is 6.61 Å². The van der Waals surface area contributed by atoms with E-state index >= 15 is 0 Å². The molecule has 0 aliphatic heterocycles. The van der Waals surface area contributed by atoms with Crippen molar-refractivity contribution in [3.8, 4) is 17.1 Å². The van der Waals surface area contributed by atoms with Gasteiger partial charge in [0, 0.05) is 5.56 Å². The van der Waals surface area contributed by atoms with Crippen LogP contribution in [0.1, 0.15) is 16.7 Å². The SMILES string of the molecule is Cc1ccc(-c2nc3ccccc3n2CCOc2c(C)cccc2C)cc1. The second kappa shape index (κ2) is 7.28. The van der Waals surface area contributed by atoms with Gasteiger partial charge in [-0.1, -0.05) is 60.2 Å². The van der Waals surface area contributed by atoms with Crippen LogP contribution in [0.25, 0.3) is 22.4 Å². The molecule has 1 aromatic heterocycles. The largest absolute Gasteiger partial charge is 0.491 e. The Labute approximate surface area is 160 Å². The first kappa shape index (κ1) is 17.3. The quantitative estimate of drug-likeness (QED) is 0.458. The molecule has 27 heavy (non-hydrogen) atoms. The number of rotatable bonds is 5. The van der Waals surface area contributed by atoms with Crippen LogP contribution in [0.4, 0.5) is 0 Å². The first-order valence-electron chi connectivity index (χ1n) is 9.35. The molecule has 4 rings (SSSR count). The van der Waals surface area contributed by atoms with Gasteiger partial charge in [0.1, 0.15) is 18.2 Å². The van der Waals surface area contributed by atoms with Gasteiger partial charge in [0.2, 0.25) is 0 Å². The molecule has 0 fully saturated rings. The van der Waals surface area contributed by atoms with E-state index in [2.05, 4.69) is 86.0 Å². The molecule has 0 spiro atoms. The molecule has 0 unspecified atom stereocenters. The molecule has 136 valence electrons. The summed E-state index contributed by atoms with van der Waals surface area (Å²) in [6.45, 7) is 7.63. The number of hydrogen-bond acceptors (Lipinski definition) is 2. The molecular formula is C24H24N2O. The van der Waals surface area contributed by atoms with Gasteiger partial charge in [0.25, 0.3) is 0 Å². The summed E-state index contributed by atoms with van der Waals surface area (Å²) in [5.74, 6) is 1.97. The number of fused-ring (bicyclic) bond motifs is 1. The highest BCUT2D eigenvalue weighted by atomic mass is 16.5. The highest BCUT2D eigenvalue weighted by Crippen LogP contribution is 2.26. The zero-order valence-electron chi connectivity index (χ0n) is 16.1. The topological polar surface area (TPSA) is 27.1 Å². The third kappa shape index (κ3) is 3.45. The third-order valence-corrected chi connectivity index (χ3v) is 4.93. The van der Waals surface area contributed by atoms with Gasteiger partial charge in [0.15, 0.2) is 0 Å². The van der Waals surface area contributed by atoms with Gasteiger partial charge in [-0.3, -0.25) is 0 Å². The fourth-order valence-electron chi connectivity index (χ4n) is 3.49. The Balaban J connectivity index is 1.66. The van der Waals surface area contributed by atoms with Gasteiger partial charge in [0.05, 0.1) is 17.6 Å². The summed E-state index contributed by atoms with van der Waals surface area (Å²) in [6, 6.07) is 23.1. The number of aryl methyl sites for hydroxylation is 3. The normalized spacial score (nSPS) is 11.1. The molecule has 3 aromatic carbocycles. The van der Waals surface area contributed by atoms with Crippen LogP contribution in [0.3, 0.4) is 0 Å². The van der Waals surface area contributed by atoms with Crippen molar-refractivity contribution in [3.05, 3.63) is 83.4 Å². The average molecular weight is 356 g/mol. The van der Waals surface area contributed by atoms with Crippen molar-refractivity contribution in [2.45, 2.75) is 27.3 Å². The van der Waals surface area contributed by atoms with Crippen LogP contribution in [0.2, 0.25) is 0 Å². The van der Waals surface area contributed by atoms with Gasteiger partial charge in [-0.25, -0.2) is 4.98 Å². The van der Waals surface area contributed by atoms with E-state index in [1.807, 2.05) is 6.07 Å². The molecule has 0 atom stereocenters. The summed E-state index contributed by atoms with van der Waals surface area (Å²) >= 11 is 0. The smallest absolute Gasteiger partial charge is 0.141 e. The van der Waals surface area contributed by atoms with Crippen LogP contribution in [0.15, 0.2) is 66.7 Å². The van der Waals surface area contributed by atoms with Gasteiger partial charge in [-0.05, 0) is 44.0 Å². The van der Waals surface area contributed by atoms with Gasteiger partial charge >= 0.3 is 0 Å². The minimum atomic E-state index is 0.602. The number of aromatic nitrogens is 2. The third-order valence-electron chi connectivity index (χ3n) is 4.93. The number of hydrogen-bond donors (Lipinski definition) is 0. The van der Waals surface area contributed by atoms with Crippen molar-refractivity contribution >= 4 is 11.0 Å². The Morgan fingerprint density at radius 3 is 2.26 bits per heavy atom. The molecule has 1 heterocycles. The molecule has 0 saturated carbocycles. The van der Waals surface area contributed by atoms with Gasteiger partial charge < -0.3 is 9.30 Å². The van der Waals surface area contributed by atoms with Crippen molar-refractivity contribution in [2.24, 2.45) is 0 Å². The number of benzene rings is 3. The monoisotopic (exact) mass is 356 g/mol. The number of imidazole rings is 1.